The van der Waals surface area contributed by atoms with Crippen LogP contribution in [0.4, 0.5) is 5.69 Å². The Bertz CT molecular complexity index is 372. The summed E-state index contributed by atoms with van der Waals surface area (Å²) in [5.41, 5.74) is 6.54. The number of nitrogens with zero attached hydrogens (tertiary/aromatic N) is 1. The molecule has 0 aromatic heterocycles. The molecule has 1 rings (SSSR count). The first kappa shape index (κ1) is 17.0. The normalized spacial score (nSPS) is 10.7. The molecule has 18 heavy (non-hydrogen) atoms. The van der Waals surface area contributed by atoms with Gasteiger partial charge >= 0.3 is 0 Å². The van der Waals surface area contributed by atoms with E-state index in [-0.39, 0.29) is 24.0 Å². The van der Waals surface area contributed by atoms with Crippen LogP contribution in [0.3, 0.4) is 0 Å². The quantitative estimate of drug-likeness (QED) is 0.351. The maximum atomic E-state index is 5.74. The summed E-state index contributed by atoms with van der Waals surface area (Å²) >= 11 is 0. The third-order valence-corrected chi connectivity index (χ3v) is 2.09. The Hall–Kier alpha value is -1.02. The van der Waals surface area contributed by atoms with Gasteiger partial charge in [-0.1, -0.05) is 12.1 Å². The summed E-state index contributed by atoms with van der Waals surface area (Å²) in [6.07, 6.45) is 0. The van der Waals surface area contributed by atoms with Gasteiger partial charge in [-0.2, -0.15) is 0 Å². The molecule has 0 spiro atoms. The molecular formula is C12H20IN3O2. The molecule has 0 saturated carbocycles. The van der Waals surface area contributed by atoms with Crippen molar-refractivity contribution in [3.05, 3.63) is 24.3 Å². The number of benzene rings is 1. The number of guanidine groups is 1. The van der Waals surface area contributed by atoms with Crippen molar-refractivity contribution in [1.29, 1.82) is 0 Å². The summed E-state index contributed by atoms with van der Waals surface area (Å²) in [6.45, 7) is 3.75. The monoisotopic (exact) mass is 365 g/mol. The highest BCUT2D eigenvalue weighted by Crippen LogP contribution is 2.22. The molecule has 3 N–H and O–H groups in total. The van der Waals surface area contributed by atoms with Crippen molar-refractivity contribution in [3.8, 4) is 5.75 Å². The standard InChI is InChI=1S/C12H19N3O2.HI/c1-3-17-9-8-14-12(13)15-10-6-4-5-7-11(10)16-2;/h4-7H,3,8-9H2,1-2H3,(H3,13,14,15);1H. The van der Waals surface area contributed by atoms with Gasteiger partial charge in [0.2, 0.25) is 0 Å². The van der Waals surface area contributed by atoms with E-state index >= 15 is 0 Å². The van der Waals surface area contributed by atoms with Gasteiger partial charge in [0, 0.05) is 6.61 Å². The van der Waals surface area contributed by atoms with Crippen LogP contribution in [0.1, 0.15) is 6.92 Å². The highest BCUT2D eigenvalue weighted by Gasteiger charge is 2.01. The van der Waals surface area contributed by atoms with Crippen molar-refractivity contribution in [2.75, 3.05) is 32.2 Å². The van der Waals surface area contributed by atoms with E-state index in [9.17, 15) is 0 Å². The van der Waals surface area contributed by atoms with Crippen molar-refractivity contribution < 1.29 is 9.47 Å². The van der Waals surface area contributed by atoms with E-state index in [1.807, 2.05) is 31.2 Å². The van der Waals surface area contributed by atoms with Crippen LogP contribution in [0.15, 0.2) is 29.3 Å². The van der Waals surface area contributed by atoms with Crippen molar-refractivity contribution in [1.82, 2.24) is 0 Å². The van der Waals surface area contributed by atoms with Gasteiger partial charge in [-0.05, 0) is 19.1 Å². The largest absolute Gasteiger partial charge is 0.495 e. The third kappa shape index (κ3) is 6.06. The molecule has 5 nitrogen and oxygen atoms in total. The SMILES string of the molecule is CCOCCN=C(N)Nc1ccccc1OC.I. The van der Waals surface area contributed by atoms with Gasteiger partial charge in [0.1, 0.15) is 5.75 Å². The number of nitrogens with one attached hydrogen (secondary N) is 1. The van der Waals surface area contributed by atoms with Gasteiger partial charge in [0.25, 0.3) is 0 Å². The molecule has 0 amide bonds. The lowest BCUT2D eigenvalue weighted by Gasteiger charge is -2.09. The molecule has 1 aromatic rings. The zero-order valence-corrected chi connectivity index (χ0v) is 13.0. The van der Waals surface area contributed by atoms with Gasteiger partial charge in [-0.15, -0.1) is 24.0 Å². The van der Waals surface area contributed by atoms with E-state index in [0.717, 1.165) is 11.4 Å². The Kier molecular flexibility index (Phi) is 9.39. The lowest BCUT2D eigenvalue weighted by molar-refractivity contribution is 0.156. The zero-order chi connectivity index (χ0) is 12.5. The number of para-hydroxylation sites is 2. The van der Waals surface area contributed by atoms with Crippen LogP contribution in [0.5, 0.6) is 5.75 Å². The Morgan fingerprint density at radius 1 is 1.39 bits per heavy atom. The van der Waals surface area contributed by atoms with E-state index < -0.39 is 0 Å². The molecular weight excluding hydrogens is 345 g/mol. The maximum absolute atomic E-state index is 5.74. The molecule has 0 bridgehead atoms. The highest BCUT2D eigenvalue weighted by molar-refractivity contribution is 14.0. The molecule has 0 atom stereocenters. The fraction of sp³-hybridized carbons (Fsp3) is 0.417. The summed E-state index contributed by atoms with van der Waals surface area (Å²) in [7, 11) is 1.61. The minimum Gasteiger partial charge on any atom is -0.495 e. The molecule has 0 aliphatic heterocycles. The van der Waals surface area contributed by atoms with Crippen LogP contribution >= 0.6 is 24.0 Å². The summed E-state index contributed by atoms with van der Waals surface area (Å²) in [4.78, 5) is 4.14. The fourth-order valence-electron chi connectivity index (χ4n) is 1.30. The molecule has 0 fully saturated rings. The van der Waals surface area contributed by atoms with Crippen LogP contribution in [-0.4, -0.2) is 32.8 Å². The molecule has 1 aromatic carbocycles. The molecule has 0 aliphatic carbocycles. The first-order valence-electron chi connectivity index (χ1n) is 5.55. The van der Waals surface area contributed by atoms with Crippen molar-refractivity contribution in [2.45, 2.75) is 6.92 Å². The number of hydrogen-bond acceptors (Lipinski definition) is 3. The number of methoxy groups -OCH3 is 1. The van der Waals surface area contributed by atoms with Crippen molar-refractivity contribution >= 4 is 35.6 Å². The molecule has 6 heteroatoms. The van der Waals surface area contributed by atoms with E-state index in [2.05, 4.69) is 10.3 Å². The molecule has 0 heterocycles. The second-order valence-corrected chi connectivity index (χ2v) is 3.29. The van der Waals surface area contributed by atoms with Crippen LogP contribution in [-0.2, 0) is 4.74 Å². The number of hydrogen-bond donors (Lipinski definition) is 2. The molecule has 0 aliphatic rings. The Balaban J connectivity index is 0.00000289. The minimum atomic E-state index is 0. The van der Waals surface area contributed by atoms with Crippen molar-refractivity contribution in [2.24, 2.45) is 10.7 Å². The topological polar surface area (TPSA) is 68.9 Å². The Labute approximate surface area is 125 Å². The van der Waals surface area contributed by atoms with Gasteiger partial charge < -0.3 is 20.5 Å². The van der Waals surface area contributed by atoms with Gasteiger partial charge in [-0.25, -0.2) is 0 Å². The van der Waals surface area contributed by atoms with Crippen molar-refractivity contribution in [3.63, 3.8) is 0 Å². The predicted octanol–water partition coefficient (Wildman–Crippen LogP) is 2.08. The summed E-state index contributed by atoms with van der Waals surface area (Å²) in [5.74, 6) is 1.09. The average Bonchev–Trinajstić information content (AvgIpc) is 2.35. The smallest absolute Gasteiger partial charge is 0.193 e. The lowest BCUT2D eigenvalue weighted by atomic mass is 10.3. The number of ether oxygens (including phenoxy) is 2. The number of anilines is 1. The predicted molar refractivity (Wildman–Crippen MR) is 85.0 cm³/mol. The number of rotatable bonds is 6. The maximum Gasteiger partial charge on any atom is 0.193 e. The molecule has 102 valence electrons. The fourth-order valence-corrected chi connectivity index (χ4v) is 1.30. The first-order chi connectivity index (χ1) is 8.27. The van der Waals surface area contributed by atoms with Crippen LogP contribution in [0, 0.1) is 0 Å². The summed E-state index contributed by atoms with van der Waals surface area (Å²) in [5, 5.41) is 2.99. The summed E-state index contributed by atoms with van der Waals surface area (Å²) in [6, 6.07) is 7.53. The lowest BCUT2D eigenvalue weighted by Crippen LogP contribution is -2.23. The van der Waals surface area contributed by atoms with E-state index in [4.69, 9.17) is 15.2 Å². The Morgan fingerprint density at radius 2 is 2.11 bits per heavy atom. The first-order valence-corrected chi connectivity index (χ1v) is 5.55. The second kappa shape index (κ2) is 9.95. The van der Waals surface area contributed by atoms with E-state index in [1.165, 1.54) is 0 Å². The number of aliphatic imine (C=N–C) groups is 1. The number of nitrogens with two attached hydrogens (primary N) is 1. The van der Waals surface area contributed by atoms with Crippen LogP contribution in [0.2, 0.25) is 0 Å². The highest BCUT2D eigenvalue weighted by atomic mass is 127. The molecule has 0 unspecified atom stereocenters. The second-order valence-electron chi connectivity index (χ2n) is 3.29. The average molecular weight is 365 g/mol. The van der Waals surface area contributed by atoms with Crippen LogP contribution in [0.25, 0.3) is 0 Å². The zero-order valence-electron chi connectivity index (χ0n) is 10.7. The van der Waals surface area contributed by atoms with Gasteiger partial charge in [0.15, 0.2) is 5.96 Å². The van der Waals surface area contributed by atoms with E-state index in [0.29, 0.717) is 25.7 Å². The third-order valence-electron chi connectivity index (χ3n) is 2.09. The number of halogens is 1. The molecule has 0 saturated heterocycles. The Morgan fingerprint density at radius 3 is 2.78 bits per heavy atom. The summed E-state index contributed by atoms with van der Waals surface area (Å²) < 4.78 is 10.4. The van der Waals surface area contributed by atoms with Gasteiger partial charge in [-0.3, -0.25) is 4.99 Å². The molecule has 0 radical (unpaired) electrons. The van der Waals surface area contributed by atoms with E-state index in [1.54, 1.807) is 7.11 Å². The minimum absolute atomic E-state index is 0. The van der Waals surface area contributed by atoms with Crippen LogP contribution < -0.4 is 15.8 Å². The van der Waals surface area contributed by atoms with Gasteiger partial charge in [0.05, 0.1) is 25.9 Å².